The van der Waals surface area contributed by atoms with Gasteiger partial charge in [-0.2, -0.15) is 11.8 Å². The molecule has 1 aromatic carbocycles. The van der Waals surface area contributed by atoms with Crippen LogP contribution in [-0.2, 0) is 5.60 Å². The largest absolute Gasteiger partial charge is 0.385 e. The first-order chi connectivity index (χ1) is 9.74. The summed E-state index contributed by atoms with van der Waals surface area (Å²) in [4.78, 5) is 4.42. The van der Waals surface area contributed by atoms with Gasteiger partial charge in [-0.25, -0.2) is 0 Å². The van der Waals surface area contributed by atoms with Gasteiger partial charge in [0, 0.05) is 22.1 Å². The number of benzene rings is 1. The van der Waals surface area contributed by atoms with Crippen LogP contribution < -0.4 is 0 Å². The summed E-state index contributed by atoms with van der Waals surface area (Å²) in [5.74, 6) is 0. The molecule has 0 radical (unpaired) electrons. The molecule has 2 aromatic rings. The third kappa shape index (κ3) is 2.04. The highest BCUT2D eigenvalue weighted by atomic mass is 32.2. The second kappa shape index (κ2) is 4.74. The number of aliphatic hydroxyl groups is 1. The highest BCUT2D eigenvalue weighted by Gasteiger charge is 2.43. The maximum atomic E-state index is 11.3. The Balaban J connectivity index is 1.81. The summed E-state index contributed by atoms with van der Waals surface area (Å²) in [7, 11) is 0. The molecule has 3 heterocycles. The van der Waals surface area contributed by atoms with E-state index < -0.39 is 5.60 Å². The molecule has 2 bridgehead atoms. The first-order valence-electron chi connectivity index (χ1n) is 7.47. The van der Waals surface area contributed by atoms with Gasteiger partial charge in [0.1, 0.15) is 0 Å². The molecular formula is C17H19NOS. The summed E-state index contributed by atoms with van der Waals surface area (Å²) in [6.45, 7) is 0. The van der Waals surface area contributed by atoms with Crippen LogP contribution >= 0.6 is 11.8 Å². The molecular weight excluding hydrogens is 266 g/mol. The zero-order chi connectivity index (χ0) is 13.6. The summed E-state index contributed by atoms with van der Waals surface area (Å²) in [6.07, 6.45) is 7.44. The zero-order valence-corrected chi connectivity index (χ0v) is 12.3. The second-order valence-electron chi connectivity index (χ2n) is 6.13. The maximum absolute atomic E-state index is 11.3. The average Bonchev–Trinajstić information content (AvgIpc) is 2.46. The van der Waals surface area contributed by atoms with Crippen molar-refractivity contribution < 1.29 is 5.11 Å². The van der Waals surface area contributed by atoms with Crippen LogP contribution in [0.2, 0.25) is 0 Å². The monoisotopic (exact) mass is 285 g/mol. The molecule has 20 heavy (non-hydrogen) atoms. The van der Waals surface area contributed by atoms with Gasteiger partial charge in [-0.05, 0) is 43.4 Å². The van der Waals surface area contributed by atoms with Crippen molar-refractivity contribution in [3.05, 3.63) is 42.1 Å². The van der Waals surface area contributed by atoms with E-state index in [1.165, 1.54) is 19.3 Å². The van der Waals surface area contributed by atoms with E-state index in [9.17, 15) is 5.11 Å². The highest BCUT2D eigenvalue weighted by Crippen LogP contribution is 2.50. The van der Waals surface area contributed by atoms with Crippen LogP contribution in [0, 0.1) is 0 Å². The third-order valence-corrected chi connectivity index (χ3v) is 6.29. The molecule has 1 N–H and O–H groups in total. The van der Waals surface area contributed by atoms with Crippen molar-refractivity contribution in [3.63, 3.8) is 0 Å². The number of rotatable bonds is 1. The summed E-state index contributed by atoms with van der Waals surface area (Å²) in [5.41, 5.74) is 1.41. The smallest absolute Gasteiger partial charge is 0.0924 e. The van der Waals surface area contributed by atoms with Crippen molar-refractivity contribution in [1.29, 1.82) is 0 Å². The van der Waals surface area contributed by atoms with Crippen LogP contribution in [0.25, 0.3) is 10.9 Å². The summed E-state index contributed by atoms with van der Waals surface area (Å²) < 4.78 is 0. The molecule has 0 spiro atoms. The lowest BCUT2D eigenvalue weighted by Crippen LogP contribution is -2.40. The molecule has 2 atom stereocenters. The second-order valence-corrected chi connectivity index (χ2v) is 7.73. The van der Waals surface area contributed by atoms with Crippen LogP contribution in [0.3, 0.4) is 0 Å². The van der Waals surface area contributed by atoms with Crippen LogP contribution in [0.15, 0.2) is 36.5 Å². The quantitative estimate of drug-likeness (QED) is 0.863. The van der Waals surface area contributed by atoms with Crippen molar-refractivity contribution >= 4 is 22.7 Å². The van der Waals surface area contributed by atoms with Gasteiger partial charge >= 0.3 is 0 Å². The van der Waals surface area contributed by atoms with E-state index in [-0.39, 0.29) is 0 Å². The Labute approximate surface area is 123 Å². The Kier molecular flexibility index (Phi) is 3.00. The van der Waals surface area contributed by atoms with Crippen LogP contribution in [-0.4, -0.2) is 20.6 Å². The van der Waals surface area contributed by atoms with E-state index in [4.69, 9.17) is 0 Å². The maximum Gasteiger partial charge on any atom is 0.0924 e. The van der Waals surface area contributed by atoms with Crippen molar-refractivity contribution in [2.45, 2.75) is 48.2 Å². The van der Waals surface area contributed by atoms with Crippen LogP contribution in [0.1, 0.15) is 37.7 Å². The van der Waals surface area contributed by atoms with Gasteiger partial charge in [0.2, 0.25) is 0 Å². The van der Waals surface area contributed by atoms with Crippen molar-refractivity contribution in [3.8, 4) is 0 Å². The lowest BCUT2D eigenvalue weighted by molar-refractivity contribution is 0.00953. The predicted molar refractivity (Wildman–Crippen MR) is 83.9 cm³/mol. The van der Waals surface area contributed by atoms with Gasteiger partial charge in [-0.15, -0.1) is 0 Å². The van der Waals surface area contributed by atoms with Gasteiger partial charge in [-0.1, -0.05) is 24.6 Å². The lowest BCUT2D eigenvalue weighted by atomic mass is 9.79. The molecule has 2 saturated heterocycles. The van der Waals surface area contributed by atoms with Crippen molar-refractivity contribution in [2.75, 3.05) is 0 Å². The molecule has 2 nitrogen and oxygen atoms in total. The number of thioether (sulfide) groups is 1. The van der Waals surface area contributed by atoms with Gasteiger partial charge in [0.15, 0.2) is 0 Å². The fraction of sp³-hybridized carbons (Fsp3) is 0.471. The van der Waals surface area contributed by atoms with Crippen molar-refractivity contribution in [2.24, 2.45) is 0 Å². The molecule has 1 aromatic heterocycles. The summed E-state index contributed by atoms with van der Waals surface area (Å²) in [6, 6.07) is 10.2. The van der Waals surface area contributed by atoms with E-state index in [0.717, 1.165) is 29.3 Å². The van der Waals surface area contributed by atoms with E-state index in [1.54, 1.807) is 0 Å². The van der Waals surface area contributed by atoms with Gasteiger partial charge in [0.05, 0.1) is 11.1 Å². The third-order valence-electron chi connectivity index (χ3n) is 4.71. The number of fused-ring (bicyclic) bond motifs is 3. The first-order valence-corrected chi connectivity index (χ1v) is 8.41. The number of hydrogen-bond donors (Lipinski definition) is 1. The fourth-order valence-corrected chi connectivity index (χ4v) is 5.74. The minimum Gasteiger partial charge on any atom is -0.385 e. The van der Waals surface area contributed by atoms with E-state index >= 15 is 0 Å². The van der Waals surface area contributed by atoms with E-state index in [1.807, 2.05) is 24.4 Å². The molecule has 2 unspecified atom stereocenters. The Bertz CT molecular complexity index is 624. The molecule has 104 valence electrons. The highest BCUT2D eigenvalue weighted by molar-refractivity contribution is 8.00. The van der Waals surface area contributed by atoms with Crippen molar-refractivity contribution in [1.82, 2.24) is 4.98 Å². The van der Waals surface area contributed by atoms with Gasteiger partial charge in [-0.3, -0.25) is 4.98 Å². The minimum atomic E-state index is -0.663. The zero-order valence-electron chi connectivity index (χ0n) is 11.5. The van der Waals surface area contributed by atoms with E-state index in [0.29, 0.717) is 10.5 Å². The standard InChI is InChI=1S/C17H19NOS/c19-17(10-12-4-1-5-13(11-17)20-12)15-7-2-8-16-14(15)6-3-9-18-16/h2-3,6-9,12-13,19H,1,4-5,10-11H2. The van der Waals surface area contributed by atoms with Crippen LogP contribution in [0.4, 0.5) is 0 Å². The predicted octanol–water partition coefficient (Wildman–Crippen LogP) is 3.87. The van der Waals surface area contributed by atoms with Gasteiger partial charge in [0.25, 0.3) is 0 Å². The SMILES string of the molecule is OC1(c2cccc3ncccc23)CC2CCCC(C1)S2. The Morgan fingerprint density at radius 3 is 2.70 bits per heavy atom. The number of pyridine rings is 1. The fourth-order valence-electron chi connectivity index (χ4n) is 3.85. The molecule has 4 rings (SSSR count). The number of aromatic nitrogens is 1. The van der Waals surface area contributed by atoms with Crippen LogP contribution in [0.5, 0.6) is 0 Å². The molecule has 0 aliphatic carbocycles. The minimum absolute atomic E-state index is 0.624. The van der Waals surface area contributed by atoms with Gasteiger partial charge < -0.3 is 5.11 Å². The molecule has 2 fully saturated rings. The van der Waals surface area contributed by atoms with E-state index in [2.05, 4.69) is 28.9 Å². The number of nitrogens with zero attached hydrogens (tertiary/aromatic N) is 1. The summed E-state index contributed by atoms with van der Waals surface area (Å²) >= 11 is 2.10. The molecule has 2 aliphatic heterocycles. The molecule has 0 saturated carbocycles. The molecule has 2 aliphatic rings. The topological polar surface area (TPSA) is 33.1 Å². The lowest BCUT2D eigenvalue weighted by Gasteiger charge is -2.44. The number of hydrogen-bond acceptors (Lipinski definition) is 3. The Hall–Kier alpha value is -1.06. The summed E-state index contributed by atoms with van der Waals surface area (Å²) in [5, 5.41) is 13.7. The first kappa shape index (κ1) is 12.7. The molecule has 3 heteroatoms. The Morgan fingerprint density at radius 2 is 1.90 bits per heavy atom. The molecule has 0 amide bonds. The normalized spacial score (nSPS) is 33.2. The Morgan fingerprint density at radius 1 is 1.10 bits per heavy atom. The average molecular weight is 285 g/mol.